The number of fused-ring (bicyclic) bond motifs is 1. The zero-order valence-corrected chi connectivity index (χ0v) is 16.3. The van der Waals surface area contributed by atoms with Crippen molar-refractivity contribution in [2.24, 2.45) is 5.92 Å². The van der Waals surface area contributed by atoms with Gasteiger partial charge < -0.3 is 0 Å². The Kier molecular flexibility index (Phi) is 4.30. The van der Waals surface area contributed by atoms with Gasteiger partial charge in [0.05, 0.1) is 11.5 Å². The summed E-state index contributed by atoms with van der Waals surface area (Å²) in [6, 6.07) is 5.60. The highest BCUT2D eigenvalue weighted by molar-refractivity contribution is 7.71. The second-order valence-electron chi connectivity index (χ2n) is 7.89. The van der Waals surface area contributed by atoms with Crippen LogP contribution in [0.3, 0.4) is 0 Å². The third-order valence-electron chi connectivity index (χ3n) is 6.20. The van der Waals surface area contributed by atoms with Crippen molar-refractivity contribution in [2.75, 3.05) is 6.54 Å². The van der Waals surface area contributed by atoms with Gasteiger partial charge in [0.2, 0.25) is 0 Å². The number of aromatic nitrogens is 3. The summed E-state index contributed by atoms with van der Waals surface area (Å²) in [5.74, 6) is 1.98. The van der Waals surface area contributed by atoms with Gasteiger partial charge in [0.1, 0.15) is 0 Å². The van der Waals surface area contributed by atoms with Gasteiger partial charge in [-0.05, 0) is 68.1 Å². The smallest absolute Gasteiger partial charge is 0.199 e. The first-order valence-electron chi connectivity index (χ1n) is 9.78. The van der Waals surface area contributed by atoms with Gasteiger partial charge in [-0.15, -0.1) is 16.4 Å². The fourth-order valence-corrected chi connectivity index (χ4v) is 5.86. The fourth-order valence-electron chi connectivity index (χ4n) is 4.82. The normalized spacial score (nSPS) is 27.4. The molecule has 3 aliphatic rings. The minimum absolute atomic E-state index is 0.571. The molecule has 4 nitrogen and oxygen atoms in total. The Hall–Kier alpha value is -0.980. The topological polar surface area (TPSA) is 26.0 Å². The summed E-state index contributed by atoms with van der Waals surface area (Å²) in [7, 11) is 0. The van der Waals surface area contributed by atoms with Gasteiger partial charge in [0.15, 0.2) is 10.6 Å². The molecule has 134 valence electrons. The maximum absolute atomic E-state index is 5.86. The second-order valence-corrected chi connectivity index (χ2v) is 9.20. The summed E-state index contributed by atoms with van der Waals surface area (Å²) >= 11 is 7.62. The lowest BCUT2D eigenvalue weighted by atomic mass is 9.78. The molecule has 2 aromatic rings. The zero-order chi connectivity index (χ0) is 16.8. The van der Waals surface area contributed by atoms with Crippen LogP contribution in [-0.4, -0.2) is 31.8 Å². The van der Waals surface area contributed by atoms with Crippen molar-refractivity contribution in [3.63, 3.8) is 0 Å². The Bertz CT molecular complexity index is 785. The zero-order valence-electron chi connectivity index (χ0n) is 14.6. The number of rotatable bonds is 4. The summed E-state index contributed by atoms with van der Waals surface area (Å²) < 4.78 is 5.35. The van der Waals surface area contributed by atoms with Crippen molar-refractivity contribution in [1.82, 2.24) is 19.2 Å². The van der Waals surface area contributed by atoms with Crippen molar-refractivity contribution in [3.8, 4) is 10.7 Å². The Labute approximate surface area is 158 Å². The van der Waals surface area contributed by atoms with Gasteiger partial charge >= 0.3 is 0 Å². The molecule has 0 N–H and O–H groups in total. The molecule has 2 aromatic heterocycles. The minimum Gasteiger partial charge on any atom is -0.296 e. The summed E-state index contributed by atoms with van der Waals surface area (Å²) in [5.41, 5.74) is 0. The predicted molar refractivity (Wildman–Crippen MR) is 104 cm³/mol. The number of hydrogen-bond donors (Lipinski definition) is 0. The van der Waals surface area contributed by atoms with Gasteiger partial charge in [-0.25, -0.2) is 4.68 Å². The highest BCUT2D eigenvalue weighted by Gasteiger charge is 2.34. The van der Waals surface area contributed by atoms with Gasteiger partial charge in [-0.2, -0.15) is 0 Å². The average molecular weight is 375 g/mol. The molecule has 0 spiro atoms. The van der Waals surface area contributed by atoms with Crippen LogP contribution >= 0.6 is 23.6 Å². The third kappa shape index (κ3) is 3.02. The maximum atomic E-state index is 5.86. The molecule has 0 amide bonds. The first-order valence-corrected chi connectivity index (χ1v) is 11.1. The van der Waals surface area contributed by atoms with Crippen LogP contribution in [0.4, 0.5) is 0 Å². The fraction of sp³-hybridized carbons (Fsp3) is 0.684. The molecule has 3 heterocycles. The van der Waals surface area contributed by atoms with Crippen molar-refractivity contribution < 1.29 is 0 Å². The number of hydrogen-bond acceptors (Lipinski definition) is 4. The highest BCUT2D eigenvalue weighted by atomic mass is 32.1. The van der Waals surface area contributed by atoms with E-state index in [9.17, 15) is 0 Å². The van der Waals surface area contributed by atoms with Crippen LogP contribution in [0.25, 0.3) is 10.7 Å². The molecule has 2 aliphatic carbocycles. The quantitative estimate of drug-likeness (QED) is 0.697. The molecule has 1 aliphatic heterocycles. The minimum atomic E-state index is 0.571. The molecule has 2 saturated carbocycles. The van der Waals surface area contributed by atoms with E-state index in [0.717, 1.165) is 29.2 Å². The van der Waals surface area contributed by atoms with Gasteiger partial charge in [-0.1, -0.05) is 18.9 Å². The lowest BCUT2D eigenvalue weighted by Crippen LogP contribution is -2.47. The largest absolute Gasteiger partial charge is 0.296 e. The monoisotopic (exact) mass is 374 g/mol. The molecule has 2 atom stereocenters. The number of thiophene rings is 1. The number of likely N-dealkylation sites (tertiary alicyclic amines) is 1. The lowest BCUT2D eigenvalue weighted by Gasteiger charge is -2.43. The molecular formula is C19H26N4S2. The van der Waals surface area contributed by atoms with Crippen molar-refractivity contribution in [3.05, 3.63) is 22.3 Å². The average Bonchev–Trinajstić information content (AvgIpc) is 3.22. The molecule has 0 radical (unpaired) electrons. The van der Waals surface area contributed by atoms with E-state index in [0.29, 0.717) is 6.04 Å². The van der Waals surface area contributed by atoms with E-state index in [2.05, 4.69) is 31.7 Å². The lowest BCUT2D eigenvalue weighted by molar-refractivity contribution is 0.0323. The molecule has 2 unspecified atom stereocenters. The third-order valence-corrected chi connectivity index (χ3v) is 7.47. The van der Waals surface area contributed by atoms with Gasteiger partial charge in [0, 0.05) is 18.6 Å². The first kappa shape index (κ1) is 16.2. The molecule has 25 heavy (non-hydrogen) atoms. The van der Waals surface area contributed by atoms with Crippen LogP contribution in [0.1, 0.15) is 57.4 Å². The van der Waals surface area contributed by atoms with Crippen molar-refractivity contribution in [1.29, 1.82) is 0 Å². The molecule has 1 saturated heterocycles. The van der Waals surface area contributed by atoms with Crippen LogP contribution in [0.5, 0.6) is 0 Å². The van der Waals surface area contributed by atoms with Crippen LogP contribution in [0, 0.1) is 10.7 Å². The summed E-state index contributed by atoms with van der Waals surface area (Å²) in [4.78, 5) is 3.91. The van der Waals surface area contributed by atoms with Crippen LogP contribution in [-0.2, 0) is 6.67 Å². The van der Waals surface area contributed by atoms with E-state index in [1.54, 1.807) is 11.3 Å². The van der Waals surface area contributed by atoms with E-state index in [-0.39, 0.29) is 0 Å². The van der Waals surface area contributed by atoms with Crippen LogP contribution in [0.15, 0.2) is 17.5 Å². The summed E-state index contributed by atoms with van der Waals surface area (Å²) in [5, 5.41) is 7.12. The highest BCUT2D eigenvalue weighted by Crippen LogP contribution is 2.40. The predicted octanol–water partition coefficient (Wildman–Crippen LogP) is 5.09. The SMILES string of the molecule is S=c1n(CN2CCCC3CCCCC32)nc(-c2cccs2)n1C1CC1. The van der Waals surface area contributed by atoms with Crippen LogP contribution < -0.4 is 0 Å². The van der Waals surface area contributed by atoms with Gasteiger partial charge in [0.25, 0.3) is 0 Å². The van der Waals surface area contributed by atoms with E-state index in [4.69, 9.17) is 17.3 Å². The molecule has 0 bridgehead atoms. The number of nitrogens with zero attached hydrogens (tertiary/aromatic N) is 4. The standard InChI is InChI=1S/C19H26N4S2/c24-19-22(13-21-11-3-6-14-5-1-2-7-16(14)21)20-18(17-8-4-12-25-17)23(19)15-9-10-15/h4,8,12,14-16H,1-3,5-7,9-11,13H2. The van der Waals surface area contributed by atoms with E-state index in [1.807, 2.05) is 0 Å². The van der Waals surface area contributed by atoms with E-state index >= 15 is 0 Å². The Morgan fingerprint density at radius 3 is 2.76 bits per heavy atom. The second kappa shape index (κ2) is 6.63. The Balaban J connectivity index is 1.46. The Morgan fingerprint density at radius 1 is 1.12 bits per heavy atom. The summed E-state index contributed by atoms with van der Waals surface area (Å²) in [6.07, 6.45) is 10.8. The Morgan fingerprint density at radius 2 is 1.96 bits per heavy atom. The van der Waals surface area contributed by atoms with E-state index < -0.39 is 0 Å². The van der Waals surface area contributed by atoms with Gasteiger partial charge in [-0.3, -0.25) is 9.47 Å². The number of piperidine rings is 1. The van der Waals surface area contributed by atoms with Crippen molar-refractivity contribution in [2.45, 2.75) is 70.1 Å². The van der Waals surface area contributed by atoms with Crippen molar-refractivity contribution >= 4 is 23.6 Å². The van der Waals surface area contributed by atoms with E-state index in [1.165, 1.54) is 62.8 Å². The maximum Gasteiger partial charge on any atom is 0.199 e. The first-order chi connectivity index (χ1) is 12.3. The molecule has 6 heteroatoms. The summed E-state index contributed by atoms with van der Waals surface area (Å²) in [6.45, 7) is 2.08. The molecule has 5 rings (SSSR count). The molecule has 3 fully saturated rings. The molecular weight excluding hydrogens is 348 g/mol. The molecule has 0 aromatic carbocycles. The van der Waals surface area contributed by atoms with Crippen LogP contribution in [0.2, 0.25) is 0 Å².